The molecule has 4 heteroatoms. The van der Waals surface area contributed by atoms with E-state index in [0.29, 0.717) is 6.04 Å². The molecule has 0 radical (unpaired) electrons. The van der Waals surface area contributed by atoms with Gasteiger partial charge in [-0.3, -0.25) is 0 Å². The fourth-order valence-corrected chi connectivity index (χ4v) is 1.91. The van der Waals surface area contributed by atoms with Gasteiger partial charge in [-0.1, -0.05) is 0 Å². The molecule has 3 nitrogen and oxygen atoms in total. The van der Waals surface area contributed by atoms with E-state index in [1.54, 1.807) is 0 Å². The molecular weight excluding hydrogens is 232 g/mol. The Hall–Kier alpha value is -0.480. The highest BCUT2D eigenvalue weighted by molar-refractivity contribution is 9.10. The SMILES string of the molecule is CC1CN(c2ccc(Br)o2)CCN1. The van der Waals surface area contributed by atoms with E-state index in [1.807, 2.05) is 12.1 Å². The highest BCUT2D eigenvalue weighted by Gasteiger charge is 2.17. The third-order valence-electron chi connectivity index (χ3n) is 2.24. The molecule has 1 atom stereocenters. The van der Waals surface area contributed by atoms with E-state index in [0.717, 1.165) is 30.2 Å². The van der Waals surface area contributed by atoms with Gasteiger partial charge in [0.05, 0.1) is 0 Å². The van der Waals surface area contributed by atoms with Gasteiger partial charge in [0.25, 0.3) is 0 Å². The molecule has 1 aliphatic rings. The van der Waals surface area contributed by atoms with E-state index in [-0.39, 0.29) is 0 Å². The maximum atomic E-state index is 5.49. The van der Waals surface area contributed by atoms with Gasteiger partial charge in [-0.25, -0.2) is 0 Å². The quantitative estimate of drug-likeness (QED) is 0.818. The van der Waals surface area contributed by atoms with Crippen LogP contribution in [-0.4, -0.2) is 25.7 Å². The largest absolute Gasteiger partial charge is 0.434 e. The summed E-state index contributed by atoms with van der Waals surface area (Å²) in [6.07, 6.45) is 0. The minimum absolute atomic E-state index is 0.539. The molecule has 13 heavy (non-hydrogen) atoms. The molecule has 1 aromatic rings. The minimum Gasteiger partial charge on any atom is -0.434 e. The molecule has 1 unspecified atom stereocenters. The Morgan fingerprint density at radius 2 is 2.46 bits per heavy atom. The zero-order valence-electron chi connectivity index (χ0n) is 7.59. The van der Waals surface area contributed by atoms with Crippen molar-refractivity contribution in [2.45, 2.75) is 13.0 Å². The molecule has 72 valence electrons. The van der Waals surface area contributed by atoms with Crippen molar-refractivity contribution >= 4 is 21.8 Å². The van der Waals surface area contributed by atoms with Crippen LogP contribution in [0, 0.1) is 0 Å². The molecule has 1 aromatic heterocycles. The smallest absolute Gasteiger partial charge is 0.197 e. The summed E-state index contributed by atoms with van der Waals surface area (Å²) in [5.74, 6) is 0.959. The van der Waals surface area contributed by atoms with Crippen LogP contribution < -0.4 is 10.2 Å². The summed E-state index contributed by atoms with van der Waals surface area (Å²) in [7, 11) is 0. The topological polar surface area (TPSA) is 28.4 Å². The number of nitrogens with zero attached hydrogens (tertiary/aromatic N) is 1. The third-order valence-corrected chi connectivity index (χ3v) is 2.67. The summed E-state index contributed by atoms with van der Waals surface area (Å²) in [5.41, 5.74) is 0. The highest BCUT2D eigenvalue weighted by Crippen LogP contribution is 2.22. The van der Waals surface area contributed by atoms with Gasteiger partial charge in [0.2, 0.25) is 0 Å². The van der Waals surface area contributed by atoms with E-state index in [4.69, 9.17) is 4.42 Å². The van der Waals surface area contributed by atoms with Crippen molar-refractivity contribution < 1.29 is 4.42 Å². The number of halogens is 1. The fourth-order valence-electron chi connectivity index (χ4n) is 1.61. The maximum absolute atomic E-state index is 5.49. The Bertz CT molecular complexity index is 287. The first kappa shape index (κ1) is 9.09. The van der Waals surface area contributed by atoms with Crippen molar-refractivity contribution in [2.24, 2.45) is 0 Å². The number of piperazine rings is 1. The zero-order valence-corrected chi connectivity index (χ0v) is 9.17. The number of rotatable bonds is 1. The van der Waals surface area contributed by atoms with Gasteiger partial charge in [-0.2, -0.15) is 0 Å². The van der Waals surface area contributed by atoms with Crippen molar-refractivity contribution in [1.82, 2.24) is 5.32 Å². The lowest BCUT2D eigenvalue weighted by Crippen LogP contribution is -2.49. The first-order valence-electron chi connectivity index (χ1n) is 4.49. The second kappa shape index (κ2) is 3.72. The van der Waals surface area contributed by atoms with Crippen molar-refractivity contribution in [3.8, 4) is 0 Å². The summed E-state index contributed by atoms with van der Waals surface area (Å²) in [4.78, 5) is 2.26. The number of furan rings is 1. The van der Waals surface area contributed by atoms with Gasteiger partial charge in [0, 0.05) is 31.7 Å². The molecule has 2 heterocycles. The summed E-state index contributed by atoms with van der Waals surface area (Å²) in [6.45, 7) is 5.24. The van der Waals surface area contributed by atoms with Crippen molar-refractivity contribution in [1.29, 1.82) is 0 Å². The van der Waals surface area contributed by atoms with Crippen LogP contribution in [0.5, 0.6) is 0 Å². The molecule has 0 bridgehead atoms. The van der Waals surface area contributed by atoms with E-state index in [1.165, 1.54) is 0 Å². The van der Waals surface area contributed by atoms with Crippen molar-refractivity contribution in [2.75, 3.05) is 24.5 Å². The fraction of sp³-hybridized carbons (Fsp3) is 0.556. The second-order valence-corrected chi connectivity index (χ2v) is 4.16. The van der Waals surface area contributed by atoms with Crippen LogP contribution >= 0.6 is 15.9 Å². The summed E-state index contributed by atoms with van der Waals surface area (Å²) < 4.78 is 6.29. The maximum Gasteiger partial charge on any atom is 0.197 e. The molecule has 2 rings (SSSR count). The standard InChI is InChI=1S/C9H13BrN2O/c1-7-6-12(5-4-11-7)9-3-2-8(10)13-9/h2-3,7,11H,4-6H2,1H3. The molecule has 0 aliphatic carbocycles. The molecule has 0 amide bonds. The summed E-state index contributed by atoms with van der Waals surface area (Å²) >= 11 is 3.30. The summed E-state index contributed by atoms with van der Waals surface area (Å²) in [6, 6.07) is 4.47. The lowest BCUT2D eigenvalue weighted by Gasteiger charge is -2.31. The van der Waals surface area contributed by atoms with Crippen molar-refractivity contribution in [3.05, 3.63) is 16.8 Å². The molecule has 1 aliphatic heterocycles. The number of hydrogen-bond donors (Lipinski definition) is 1. The molecule has 1 saturated heterocycles. The van der Waals surface area contributed by atoms with E-state index in [2.05, 4.69) is 33.1 Å². The van der Waals surface area contributed by atoms with Crippen LogP contribution in [0.15, 0.2) is 21.2 Å². The van der Waals surface area contributed by atoms with Gasteiger partial charge in [0.15, 0.2) is 10.6 Å². The Morgan fingerprint density at radius 1 is 1.62 bits per heavy atom. The lowest BCUT2D eigenvalue weighted by molar-refractivity contribution is 0.445. The van der Waals surface area contributed by atoms with Crippen molar-refractivity contribution in [3.63, 3.8) is 0 Å². The number of nitrogens with one attached hydrogen (secondary N) is 1. The number of anilines is 1. The molecular formula is C9H13BrN2O. The summed E-state index contributed by atoms with van der Waals surface area (Å²) in [5, 5.41) is 3.39. The van der Waals surface area contributed by atoms with Crippen LogP contribution in [0.3, 0.4) is 0 Å². The van der Waals surface area contributed by atoms with Gasteiger partial charge >= 0.3 is 0 Å². The zero-order chi connectivity index (χ0) is 9.26. The van der Waals surface area contributed by atoms with Gasteiger partial charge in [-0.05, 0) is 28.9 Å². The van der Waals surface area contributed by atoms with E-state index >= 15 is 0 Å². The van der Waals surface area contributed by atoms with Crippen LogP contribution in [0.2, 0.25) is 0 Å². The third kappa shape index (κ3) is 2.06. The van der Waals surface area contributed by atoms with Gasteiger partial charge in [0.1, 0.15) is 0 Å². The molecule has 1 N–H and O–H groups in total. The Balaban J connectivity index is 2.08. The molecule has 0 aromatic carbocycles. The predicted octanol–water partition coefficient (Wildman–Crippen LogP) is 1.84. The Morgan fingerprint density at radius 3 is 3.08 bits per heavy atom. The first-order chi connectivity index (χ1) is 6.25. The predicted molar refractivity (Wildman–Crippen MR) is 56.1 cm³/mol. The van der Waals surface area contributed by atoms with Gasteiger partial charge < -0.3 is 14.6 Å². The highest BCUT2D eigenvalue weighted by atomic mass is 79.9. The molecule has 0 saturated carbocycles. The average Bonchev–Trinajstić information content (AvgIpc) is 2.52. The van der Waals surface area contributed by atoms with E-state index in [9.17, 15) is 0 Å². The van der Waals surface area contributed by atoms with Crippen LogP contribution in [-0.2, 0) is 0 Å². The normalized spacial score (nSPS) is 23.5. The number of hydrogen-bond acceptors (Lipinski definition) is 3. The molecule has 1 fully saturated rings. The monoisotopic (exact) mass is 244 g/mol. The first-order valence-corrected chi connectivity index (χ1v) is 5.28. The minimum atomic E-state index is 0.539. The average molecular weight is 245 g/mol. The van der Waals surface area contributed by atoms with Crippen LogP contribution in [0.4, 0.5) is 5.88 Å². The second-order valence-electron chi connectivity index (χ2n) is 3.38. The van der Waals surface area contributed by atoms with Crippen LogP contribution in [0.1, 0.15) is 6.92 Å². The lowest BCUT2D eigenvalue weighted by atomic mass is 10.2. The molecule has 0 spiro atoms. The van der Waals surface area contributed by atoms with E-state index < -0.39 is 0 Å². The Kier molecular flexibility index (Phi) is 2.60. The Labute approximate surface area is 86.2 Å². The van der Waals surface area contributed by atoms with Crippen LogP contribution in [0.25, 0.3) is 0 Å². The van der Waals surface area contributed by atoms with Gasteiger partial charge in [-0.15, -0.1) is 0 Å².